The first-order valence-corrected chi connectivity index (χ1v) is 3.68. The van der Waals surface area contributed by atoms with Crippen LogP contribution in [0, 0.1) is 6.92 Å². The average molecular weight is 151 g/mol. The highest BCUT2D eigenvalue weighted by Gasteiger charge is 2.18. The van der Waals surface area contributed by atoms with Crippen molar-refractivity contribution in [1.29, 1.82) is 0 Å². The average Bonchev–Trinajstić information content (AvgIpc) is 2.32. The maximum Gasteiger partial charge on any atom is 0.142 e. The van der Waals surface area contributed by atoms with Crippen molar-refractivity contribution < 1.29 is 4.79 Å². The SMILES string of the molecule is Cc1nnc2n1CCC(=O)C2. The van der Waals surface area contributed by atoms with Crippen LogP contribution >= 0.6 is 0 Å². The number of hydrogen-bond acceptors (Lipinski definition) is 3. The minimum Gasteiger partial charge on any atom is -0.314 e. The molecule has 1 aliphatic heterocycles. The molecule has 1 aliphatic rings. The zero-order valence-electron chi connectivity index (χ0n) is 6.37. The Bertz CT molecular complexity index is 303. The van der Waals surface area contributed by atoms with Crippen molar-refractivity contribution in [3.05, 3.63) is 11.6 Å². The third-order valence-electron chi connectivity index (χ3n) is 1.98. The lowest BCUT2D eigenvalue weighted by atomic mass is 10.1. The van der Waals surface area contributed by atoms with Crippen LogP contribution in [0.3, 0.4) is 0 Å². The monoisotopic (exact) mass is 151 g/mol. The fraction of sp³-hybridized carbons (Fsp3) is 0.571. The molecule has 0 aromatic carbocycles. The molecule has 2 rings (SSSR count). The molecule has 4 nitrogen and oxygen atoms in total. The van der Waals surface area contributed by atoms with Crippen LogP contribution in [-0.4, -0.2) is 20.5 Å². The molecule has 2 heterocycles. The van der Waals surface area contributed by atoms with Gasteiger partial charge in [-0.05, 0) is 6.92 Å². The van der Waals surface area contributed by atoms with E-state index in [1.807, 2.05) is 11.5 Å². The van der Waals surface area contributed by atoms with Crippen LogP contribution < -0.4 is 0 Å². The summed E-state index contributed by atoms with van der Waals surface area (Å²) in [6.45, 7) is 2.67. The van der Waals surface area contributed by atoms with Crippen molar-refractivity contribution in [2.75, 3.05) is 0 Å². The fourth-order valence-corrected chi connectivity index (χ4v) is 1.35. The van der Waals surface area contributed by atoms with Crippen LogP contribution in [0.2, 0.25) is 0 Å². The van der Waals surface area contributed by atoms with Crippen LogP contribution in [-0.2, 0) is 17.8 Å². The lowest BCUT2D eigenvalue weighted by Gasteiger charge is -2.11. The molecule has 11 heavy (non-hydrogen) atoms. The van der Waals surface area contributed by atoms with E-state index in [1.54, 1.807) is 0 Å². The molecule has 1 aromatic heterocycles. The van der Waals surface area contributed by atoms with E-state index in [0.29, 0.717) is 12.8 Å². The lowest BCUT2D eigenvalue weighted by Crippen LogP contribution is -2.19. The van der Waals surface area contributed by atoms with E-state index in [4.69, 9.17) is 0 Å². The largest absolute Gasteiger partial charge is 0.314 e. The molecule has 0 saturated heterocycles. The molecule has 1 aromatic rings. The maximum atomic E-state index is 11.0. The van der Waals surface area contributed by atoms with Crippen molar-refractivity contribution in [2.45, 2.75) is 26.3 Å². The third-order valence-corrected chi connectivity index (χ3v) is 1.98. The van der Waals surface area contributed by atoms with Gasteiger partial charge in [-0.1, -0.05) is 0 Å². The molecular formula is C7H9N3O. The molecule has 0 fully saturated rings. The standard InChI is InChI=1S/C7H9N3O/c1-5-8-9-7-4-6(11)2-3-10(5)7/h2-4H2,1H3. The second-order valence-corrected chi connectivity index (χ2v) is 2.78. The minimum atomic E-state index is 0.268. The minimum absolute atomic E-state index is 0.268. The van der Waals surface area contributed by atoms with Crippen LogP contribution in [0.15, 0.2) is 0 Å². The van der Waals surface area contributed by atoms with Gasteiger partial charge < -0.3 is 4.57 Å². The van der Waals surface area contributed by atoms with Gasteiger partial charge in [0, 0.05) is 13.0 Å². The summed E-state index contributed by atoms with van der Waals surface area (Å²) in [6, 6.07) is 0. The smallest absolute Gasteiger partial charge is 0.142 e. The Morgan fingerprint density at radius 2 is 2.27 bits per heavy atom. The van der Waals surface area contributed by atoms with Crippen LogP contribution in [0.5, 0.6) is 0 Å². The number of fused-ring (bicyclic) bond motifs is 1. The Hall–Kier alpha value is -1.19. The summed E-state index contributed by atoms with van der Waals surface area (Å²) >= 11 is 0. The molecule has 58 valence electrons. The maximum absolute atomic E-state index is 11.0. The van der Waals surface area contributed by atoms with Gasteiger partial charge in [0.05, 0.1) is 6.42 Å². The number of carbonyl (C=O) groups excluding carboxylic acids is 1. The van der Waals surface area contributed by atoms with Gasteiger partial charge >= 0.3 is 0 Å². The summed E-state index contributed by atoms with van der Waals surface area (Å²) in [5.41, 5.74) is 0. The molecule has 0 radical (unpaired) electrons. The number of hydrogen-bond donors (Lipinski definition) is 0. The fourth-order valence-electron chi connectivity index (χ4n) is 1.35. The van der Waals surface area contributed by atoms with E-state index in [0.717, 1.165) is 18.2 Å². The quantitative estimate of drug-likeness (QED) is 0.528. The molecule has 0 atom stereocenters. The van der Waals surface area contributed by atoms with Crippen LogP contribution in [0.4, 0.5) is 0 Å². The molecule has 0 amide bonds. The molecule has 0 saturated carbocycles. The molecule has 0 N–H and O–H groups in total. The van der Waals surface area contributed by atoms with Gasteiger partial charge in [-0.15, -0.1) is 10.2 Å². The van der Waals surface area contributed by atoms with E-state index in [1.165, 1.54) is 0 Å². The Morgan fingerprint density at radius 3 is 3.09 bits per heavy atom. The number of carbonyl (C=O) groups is 1. The van der Waals surface area contributed by atoms with Gasteiger partial charge in [0.15, 0.2) is 0 Å². The summed E-state index contributed by atoms with van der Waals surface area (Å²) in [5.74, 6) is 2.00. The number of aryl methyl sites for hydroxylation is 1. The number of rotatable bonds is 0. The molecule has 0 aliphatic carbocycles. The van der Waals surface area contributed by atoms with Gasteiger partial charge in [0.2, 0.25) is 0 Å². The zero-order valence-corrected chi connectivity index (χ0v) is 6.37. The lowest BCUT2D eigenvalue weighted by molar-refractivity contribution is -0.119. The third kappa shape index (κ3) is 0.943. The van der Waals surface area contributed by atoms with E-state index in [9.17, 15) is 4.79 Å². The first-order chi connectivity index (χ1) is 5.27. The summed E-state index contributed by atoms with van der Waals surface area (Å²) in [6.07, 6.45) is 1.09. The van der Waals surface area contributed by atoms with E-state index < -0.39 is 0 Å². The normalized spacial score (nSPS) is 16.6. The van der Waals surface area contributed by atoms with Gasteiger partial charge in [0.1, 0.15) is 17.4 Å². The molecule has 0 spiro atoms. The van der Waals surface area contributed by atoms with E-state index >= 15 is 0 Å². The van der Waals surface area contributed by atoms with Crippen LogP contribution in [0.1, 0.15) is 18.1 Å². The van der Waals surface area contributed by atoms with Crippen LogP contribution in [0.25, 0.3) is 0 Å². The molecule has 0 bridgehead atoms. The van der Waals surface area contributed by atoms with Gasteiger partial charge in [-0.3, -0.25) is 4.79 Å². The second-order valence-electron chi connectivity index (χ2n) is 2.78. The van der Waals surface area contributed by atoms with Crippen molar-refractivity contribution in [3.8, 4) is 0 Å². The highest BCUT2D eigenvalue weighted by atomic mass is 16.1. The molecular weight excluding hydrogens is 142 g/mol. The second kappa shape index (κ2) is 2.15. The summed E-state index contributed by atoms with van der Waals surface area (Å²) < 4.78 is 2.00. The van der Waals surface area contributed by atoms with E-state index in [2.05, 4.69) is 10.2 Å². The van der Waals surface area contributed by atoms with E-state index in [-0.39, 0.29) is 5.78 Å². The summed E-state index contributed by atoms with van der Waals surface area (Å²) in [4.78, 5) is 11.0. The summed E-state index contributed by atoms with van der Waals surface area (Å²) in [5, 5.41) is 7.79. The first kappa shape index (κ1) is 6.52. The Balaban J connectivity index is 2.44. The number of nitrogens with zero attached hydrogens (tertiary/aromatic N) is 3. The van der Waals surface area contributed by atoms with Crippen molar-refractivity contribution in [1.82, 2.24) is 14.8 Å². The van der Waals surface area contributed by atoms with Crippen molar-refractivity contribution in [3.63, 3.8) is 0 Å². The highest BCUT2D eigenvalue weighted by molar-refractivity contribution is 5.80. The Morgan fingerprint density at radius 1 is 1.45 bits per heavy atom. The molecule has 4 heteroatoms. The topological polar surface area (TPSA) is 47.8 Å². The van der Waals surface area contributed by atoms with Gasteiger partial charge in [0.25, 0.3) is 0 Å². The number of aromatic nitrogens is 3. The number of Topliss-reactive ketones (excluding diaryl/α,β-unsaturated/α-hetero) is 1. The van der Waals surface area contributed by atoms with Gasteiger partial charge in [-0.2, -0.15) is 0 Å². The zero-order chi connectivity index (χ0) is 7.84. The predicted octanol–water partition coefficient (Wildman–Crippen LogP) is 0.102. The van der Waals surface area contributed by atoms with Crippen molar-refractivity contribution in [2.24, 2.45) is 0 Å². The van der Waals surface area contributed by atoms with Gasteiger partial charge in [-0.25, -0.2) is 0 Å². The highest BCUT2D eigenvalue weighted by Crippen LogP contribution is 2.10. The summed E-state index contributed by atoms with van der Waals surface area (Å²) in [7, 11) is 0. The Kier molecular flexibility index (Phi) is 1.27. The molecule has 0 unspecified atom stereocenters. The number of ketones is 1. The Labute approximate surface area is 64.2 Å². The first-order valence-electron chi connectivity index (χ1n) is 3.68. The van der Waals surface area contributed by atoms with Crippen molar-refractivity contribution >= 4 is 5.78 Å². The predicted molar refractivity (Wildman–Crippen MR) is 38.1 cm³/mol.